The van der Waals surface area contributed by atoms with Crippen molar-refractivity contribution in [3.05, 3.63) is 30.3 Å². The number of amides is 1. The fourth-order valence-corrected chi connectivity index (χ4v) is 2.75. The average Bonchev–Trinajstić information content (AvgIpc) is 2.87. The van der Waals surface area contributed by atoms with E-state index in [2.05, 4.69) is 6.92 Å². The van der Waals surface area contributed by atoms with E-state index in [1.165, 1.54) is 12.8 Å². The number of ether oxygens (including phenoxy) is 1. The van der Waals surface area contributed by atoms with Crippen molar-refractivity contribution in [2.45, 2.75) is 32.6 Å². The van der Waals surface area contributed by atoms with E-state index in [0.717, 1.165) is 18.6 Å². The molecular formula is C16H23NO2. The number of nitrogens with zero attached hydrogens (tertiary/aromatic N) is 1. The van der Waals surface area contributed by atoms with Gasteiger partial charge >= 0.3 is 0 Å². The van der Waals surface area contributed by atoms with Gasteiger partial charge in [-0.25, -0.2) is 0 Å². The van der Waals surface area contributed by atoms with Crippen LogP contribution in [0.5, 0.6) is 5.75 Å². The number of rotatable bonds is 5. The third-order valence-electron chi connectivity index (χ3n) is 4.01. The largest absolute Gasteiger partial charge is 0.492 e. The van der Waals surface area contributed by atoms with Crippen LogP contribution in [-0.4, -0.2) is 31.0 Å². The van der Waals surface area contributed by atoms with Gasteiger partial charge in [-0.2, -0.15) is 0 Å². The minimum atomic E-state index is -0.137. The Morgan fingerprint density at radius 2 is 1.89 bits per heavy atom. The molecule has 0 atom stereocenters. The lowest BCUT2D eigenvalue weighted by Crippen LogP contribution is -2.40. The molecule has 19 heavy (non-hydrogen) atoms. The molecule has 3 heteroatoms. The number of carbonyl (C=O) groups excluding carboxylic acids is 1. The van der Waals surface area contributed by atoms with Gasteiger partial charge in [0.05, 0.1) is 6.54 Å². The summed E-state index contributed by atoms with van der Waals surface area (Å²) in [7, 11) is 1.88. The Balaban J connectivity index is 1.78. The third-order valence-corrected chi connectivity index (χ3v) is 4.01. The Morgan fingerprint density at radius 3 is 2.53 bits per heavy atom. The number of hydrogen-bond acceptors (Lipinski definition) is 2. The summed E-state index contributed by atoms with van der Waals surface area (Å²) in [6.45, 7) is 3.28. The zero-order chi connectivity index (χ0) is 13.7. The summed E-state index contributed by atoms with van der Waals surface area (Å²) in [5.74, 6) is 1.12. The van der Waals surface area contributed by atoms with E-state index >= 15 is 0 Å². The Hall–Kier alpha value is -1.51. The van der Waals surface area contributed by atoms with Gasteiger partial charge in [0.15, 0.2) is 0 Å². The molecular weight excluding hydrogens is 238 g/mol. The molecule has 3 nitrogen and oxygen atoms in total. The van der Waals surface area contributed by atoms with Gasteiger partial charge in [-0.3, -0.25) is 4.79 Å². The molecule has 0 saturated heterocycles. The summed E-state index contributed by atoms with van der Waals surface area (Å²) in [5, 5.41) is 0. The van der Waals surface area contributed by atoms with E-state index in [1.54, 1.807) is 0 Å². The van der Waals surface area contributed by atoms with Crippen molar-refractivity contribution in [2.75, 3.05) is 20.2 Å². The zero-order valence-electron chi connectivity index (χ0n) is 11.9. The van der Waals surface area contributed by atoms with Crippen molar-refractivity contribution in [3.63, 3.8) is 0 Å². The van der Waals surface area contributed by atoms with E-state index in [4.69, 9.17) is 4.74 Å². The highest BCUT2D eigenvalue weighted by atomic mass is 16.5. The van der Waals surface area contributed by atoms with Gasteiger partial charge in [0, 0.05) is 12.5 Å². The first-order valence-electron chi connectivity index (χ1n) is 7.05. The Labute approximate surface area is 115 Å². The Bertz CT molecular complexity index is 410. The van der Waals surface area contributed by atoms with Crippen LogP contribution in [0.3, 0.4) is 0 Å². The molecule has 1 aromatic rings. The average molecular weight is 261 g/mol. The highest BCUT2D eigenvalue weighted by Crippen LogP contribution is 2.38. The normalized spacial score (nSPS) is 17.2. The summed E-state index contributed by atoms with van der Waals surface area (Å²) in [5.41, 5.74) is -0.137. The molecule has 1 aliphatic carbocycles. The Morgan fingerprint density at radius 1 is 1.26 bits per heavy atom. The fourth-order valence-electron chi connectivity index (χ4n) is 2.75. The zero-order valence-corrected chi connectivity index (χ0v) is 11.9. The van der Waals surface area contributed by atoms with Crippen molar-refractivity contribution in [2.24, 2.45) is 5.41 Å². The summed E-state index contributed by atoms with van der Waals surface area (Å²) in [6.07, 6.45) is 4.40. The molecule has 0 unspecified atom stereocenters. The molecule has 0 heterocycles. The maximum Gasteiger partial charge on any atom is 0.228 e. The van der Waals surface area contributed by atoms with Gasteiger partial charge in [-0.1, -0.05) is 38.0 Å². The lowest BCUT2D eigenvalue weighted by atomic mass is 9.87. The lowest BCUT2D eigenvalue weighted by molar-refractivity contribution is -0.139. The summed E-state index contributed by atoms with van der Waals surface area (Å²) in [6, 6.07) is 9.72. The predicted octanol–water partition coefficient (Wildman–Crippen LogP) is 3.10. The first kappa shape index (κ1) is 13.9. The SMILES string of the molecule is CN(CCOc1ccccc1)C(=O)C1(C)CCCC1. The van der Waals surface area contributed by atoms with Gasteiger partial charge in [0.2, 0.25) is 5.91 Å². The van der Waals surface area contributed by atoms with Crippen LogP contribution in [0.25, 0.3) is 0 Å². The van der Waals surface area contributed by atoms with Crippen LogP contribution in [-0.2, 0) is 4.79 Å². The molecule has 0 spiro atoms. The van der Waals surface area contributed by atoms with Gasteiger partial charge in [-0.05, 0) is 25.0 Å². The standard InChI is InChI=1S/C16H23NO2/c1-16(10-6-7-11-16)15(18)17(2)12-13-19-14-8-4-3-5-9-14/h3-5,8-9H,6-7,10-13H2,1-2H3. The number of carbonyl (C=O) groups is 1. The van der Waals surface area contributed by atoms with E-state index in [0.29, 0.717) is 13.2 Å². The summed E-state index contributed by atoms with van der Waals surface area (Å²) < 4.78 is 5.63. The van der Waals surface area contributed by atoms with E-state index in [9.17, 15) is 4.79 Å². The molecule has 0 bridgehead atoms. The maximum atomic E-state index is 12.4. The van der Waals surface area contributed by atoms with Gasteiger partial charge in [0.1, 0.15) is 12.4 Å². The van der Waals surface area contributed by atoms with Crippen LogP contribution in [0.4, 0.5) is 0 Å². The van der Waals surface area contributed by atoms with E-state index < -0.39 is 0 Å². The molecule has 1 aliphatic rings. The summed E-state index contributed by atoms with van der Waals surface area (Å²) >= 11 is 0. The van der Waals surface area contributed by atoms with Crippen LogP contribution >= 0.6 is 0 Å². The monoisotopic (exact) mass is 261 g/mol. The van der Waals surface area contributed by atoms with Crippen molar-refractivity contribution in [1.29, 1.82) is 0 Å². The minimum absolute atomic E-state index is 0.137. The van der Waals surface area contributed by atoms with E-state index in [-0.39, 0.29) is 11.3 Å². The second-order valence-corrected chi connectivity index (χ2v) is 5.66. The molecule has 0 radical (unpaired) electrons. The van der Waals surface area contributed by atoms with Crippen LogP contribution in [0, 0.1) is 5.41 Å². The highest BCUT2D eigenvalue weighted by Gasteiger charge is 2.37. The van der Waals surface area contributed by atoms with Gasteiger partial charge in [0.25, 0.3) is 0 Å². The quantitative estimate of drug-likeness (QED) is 0.815. The van der Waals surface area contributed by atoms with Crippen LogP contribution in [0.2, 0.25) is 0 Å². The Kier molecular flexibility index (Phi) is 4.46. The van der Waals surface area contributed by atoms with Crippen LogP contribution in [0.1, 0.15) is 32.6 Å². The molecule has 0 aromatic heterocycles. The van der Waals surface area contributed by atoms with Gasteiger partial charge in [-0.15, -0.1) is 0 Å². The smallest absolute Gasteiger partial charge is 0.228 e. The second-order valence-electron chi connectivity index (χ2n) is 5.66. The lowest BCUT2D eigenvalue weighted by Gasteiger charge is -2.28. The van der Waals surface area contributed by atoms with Crippen LogP contribution in [0.15, 0.2) is 30.3 Å². The van der Waals surface area contributed by atoms with Gasteiger partial charge < -0.3 is 9.64 Å². The third kappa shape index (κ3) is 3.49. The van der Waals surface area contributed by atoms with Crippen molar-refractivity contribution < 1.29 is 9.53 Å². The molecule has 104 valence electrons. The molecule has 1 aromatic carbocycles. The molecule has 1 fully saturated rings. The number of para-hydroxylation sites is 1. The molecule has 0 N–H and O–H groups in total. The maximum absolute atomic E-state index is 12.4. The first-order chi connectivity index (χ1) is 9.12. The summed E-state index contributed by atoms with van der Waals surface area (Å²) in [4.78, 5) is 14.2. The predicted molar refractivity (Wildman–Crippen MR) is 76.1 cm³/mol. The topological polar surface area (TPSA) is 29.5 Å². The second kappa shape index (κ2) is 6.09. The van der Waals surface area contributed by atoms with Crippen molar-refractivity contribution in [3.8, 4) is 5.75 Å². The molecule has 1 amide bonds. The first-order valence-corrected chi connectivity index (χ1v) is 7.05. The van der Waals surface area contributed by atoms with Crippen molar-refractivity contribution >= 4 is 5.91 Å². The number of likely N-dealkylation sites (N-methyl/N-ethyl adjacent to an activating group) is 1. The molecule has 0 aliphatic heterocycles. The molecule has 1 saturated carbocycles. The minimum Gasteiger partial charge on any atom is -0.492 e. The fraction of sp³-hybridized carbons (Fsp3) is 0.562. The number of hydrogen-bond donors (Lipinski definition) is 0. The van der Waals surface area contributed by atoms with E-state index in [1.807, 2.05) is 42.3 Å². The van der Waals surface area contributed by atoms with Crippen LogP contribution < -0.4 is 4.74 Å². The highest BCUT2D eigenvalue weighted by molar-refractivity contribution is 5.82. The molecule has 2 rings (SSSR count). The van der Waals surface area contributed by atoms with Crippen molar-refractivity contribution in [1.82, 2.24) is 4.90 Å². The number of benzene rings is 1.